The fourth-order valence-electron chi connectivity index (χ4n) is 2.42. The van der Waals surface area contributed by atoms with Gasteiger partial charge in [-0.25, -0.2) is 0 Å². The summed E-state index contributed by atoms with van der Waals surface area (Å²) in [5, 5.41) is 2.71. The summed E-state index contributed by atoms with van der Waals surface area (Å²) in [5.41, 5.74) is 4.76. The normalized spacial score (nSPS) is 26.6. The van der Waals surface area contributed by atoms with Gasteiger partial charge in [0.1, 0.15) is 0 Å². The van der Waals surface area contributed by atoms with Crippen LogP contribution >= 0.6 is 12.2 Å². The van der Waals surface area contributed by atoms with Crippen LogP contribution < -0.4 is 11.1 Å². The predicted octanol–water partition coefficient (Wildman–Crippen LogP) is 2.93. The average molecular weight is 310 g/mol. The fourth-order valence-corrected chi connectivity index (χ4v) is 2.62. The van der Waals surface area contributed by atoms with Gasteiger partial charge in [-0.15, -0.1) is 0 Å². The first kappa shape index (κ1) is 17.2. The second kappa shape index (κ2) is 6.28. The molecule has 0 aromatic carbocycles. The molecule has 1 saturated carbocycles. The van der Waals surface area contributed by atoms with Crippen molar-refractivity contribution >= 4 is 23.1 Å². The second-order valence-electron chi connectivity index (χ2n) is 5.64. The van der Waals surface area contributed by atoms with Gasteiger partial charge in [0.15, 0.2) is 0 Å². The summed E-state index contributed by atoms with van der Waals surface area (Å²) in [6, 6.07) is 0. The van der Waals surface area contributed by atoms with Gasteiger partial charge in [0.05, 0.1) is 16.4 Å². The quantitative estimate of drug-likeness (QED) is 0.785. The number of hydrogen-bond donors (Lipinski definition) is 2. The molecule has 0 bridgehead atoms. The number of thiocarbonyl (C=S) groups is 1. The number of carbonyl (C=O) groups is 1. The molecular weight excluding hydrogens is 289 g/mol. The maximum absolute atomic E-state index is 12.7. The molecule has 20 heavy (non-hydrogen) atoms. The van der Waals surface area contributed by atoms with Gasteiger partial charge in [0, 0.05) is 5.92 Å². The number of halogens is 3. The minimum Gasteiger partial charge on any atom is -0.391 e. The molecule has 7 heteroatoms. The standard InChI is InChI=1S/C13H21F3N2OS/c1-3-12(2,11(17)20)18-10(19)8-5-4-6-9(7-8)13(14,15)16/h8-9H,3-7H2,1-2H3,(H2,17,20)(H,18,19). The highest BCUT2D eigenvalue weighted by atomic mass is 32.1. The summed E-state index contributed by atoms with van der Waals surface area (Å²) in [5.74, 6) is -2.38. The molecule has 3 unspecified atom stereocenters. The number of alkyl halides is 3. The molecule has 3 atom stereocenters. The van der Waals surface area contributed by atoms with Crippen molar-refractivity contribution in [3.8, 4) is 0 Å². The summed E-state index contributed by atoms with van der Waals surface area (Å²) >= 11 is 4.91. The van der Waals surface area contributed by atoms with E-state index in [4.69, 9.17) is 18.0 Å². The van der Waals surface area contributed by atoms with Crippen molar-refractivity contribution in [2.45, 2.75) is 57.7 Å². The SMILES string of the molecule is CCC(C)(NC(=O)C1CCCC(C(F)(F)F)C1)C(N)=S. The van der Waals surface area contributed by atoms with Crippen LogP contribution in [0.25, 0.3) is 0 Å². The van der Waals surface area contributed by atoms with Crippen molar-refractivity contribution in [1.29, 1.82) is 0 Å². The Kier molecular flexibility index (Phi) is 5.40. The highest BCUT2D eigenvalue weighted by molar-refractivity contribution is 7.80. The zero-order valence-corrected chi connectivity index (χ0v) is 12.5. The molecule has 1 aliphatic rings. The predicted molar refractivity (Wildman–Crippen MR) is 75.1 cm³/mol. The van der Waals surface area contributed by atoms with Gasteiger partial charge >= 0.3 is 6.18 Å². The van der Waals surface area contributed by atoms with Gasteiger partial charge in [-0.3, -0.25) is 4.79 Å². The fraction of sp³-hybridized carbons (Fsp3) is 0.846. The number of nitrogens with one attached hydrogen (secondary N) is 1. The van der Waals surface area contributed by atoms with Crippen LogP contribution in [0.4, 0.5) is 13.2 Å². The van der Waals surface area contributed by atoms with Crippen molar-refractivity contribution in [3.63, 3.8) is 0 Å². The second-order valence-corrected chi connectivity index (χ2v) is 6.08. The Bertz CT molecular complexity index is 386. The Morgan fingerprint density at radius 3 is 2.45 bits per heavy atom. The summed E-state index contributed by atoms with van der Waals surface area (Å²) in [6.45, 7) is 3.51. The lowest BCUT2D eigenvalue weighted by Gasteiger charge is -2.34. The number of amides is 1. The smallest absolute Gasteiger partial charge is 0.391 e. The lowest BCUT2D eigenvalue weighted by Crippen LogP contribution is -2.56. The molecular formula is C13H21F3N2OS. The van der Waals surface area contributed by atoms with Crippen LogP contribution in [0.2, 0.25) is 0 Å². The highest BCUT2D eigenvalue weighted by Crippen LogP contribution is 2.40. The lowest BCUT2D eigenvalue weighted by molar-refractivity contribution is -0.186. The molecule has 0 aliphatic heterocycles. The van der Waals surface area contributed by atoms with E-state index in [1.807, 2.05) is 6.92 Å². The van der Waals surface area contributed by atoms with E-state index < -0.39 is 23.6 Å². The molecule has 1 aliphatic carbocycles. The van der Waals surface area contributed by atoms with Crippen molar-refractivity contribution in [3.05, 3.63) is 0 Å². The molecule has 3 N–H and O–H groups in total. The molecule has 1 amide bonds. The molecule has 0 heterocycles. The maximum Gasteiger partial charge on any atom is 0.391 e. The Morgan fingerprint density at radius 1 is 1.40 bits per heavy atom. The third-order valence-electron chi connectivity index (χ3n) is 4.16. The third-order valence-corrected chi connectivity index (χ3v) is 4.61. The van der Waals surface area contributed by atoms with Crippen molar-refractivity contribution in [1.82, 2.24) is 5.32 Å². The zero-order valence-electron chi connectivity index (χ0n) is 11.7. The highest BCUT2D eigenvalue weighted by Gasteiger charge is 2.44. The molecule has 0 radical (unpaired) electrons. The minimum absolute atomic E-state index is 0.105. The van der Waals surface area contributed by atoms with E-state index in [0.717, 1.165) is 0 Å². The van der Waals surface area contributed by atoms with E-state index in [2.05, 4.69) is 5.32 Å². The van der Waals surface area contributed by atoms with Crippen LogP contribution in [-0.2, 0) is 4.79 Å². The van der Waals surface area contributed by atoms with Crippen LogP contribution in [0.3, 0.4) is 0 Å². The Labute approximate surface area is 122 Å². The van der Waals surface area contributed by atoms with Crippen LogP contribution in [0, 0.1) is 11.8 Å². The summed E-state index contributed by atoms with van der Waals surface area (Å²) in [4.78, 5) is 12.3. The molecule has 3 nitrogen and oxygen atoms in total. The number of carbonyl (C=O) groups excluding carboxylic acids is 1. The molecule has 0 aromatic heterocycles. The van der Waals surface area contributed by atoms with E-state index in [9.17, 15) is 18.0 Å². The van der Waals surface area contributed by atoms with Crippen molar-refractivity contribution in [2.75, 3.05) is 0 Å². The minimum atomic E-state index is -4.23. The Balaban J connectivity index is 2.70. The van der Waals surface area contributed by atoms with Gasteiger partial charge in [-0.2, -0.15) is 13.2 Å². The van der Waals surface area contributed by atoms with Crippen LogP contribution in [0.5, 0.6) is 0 Å². The lowest BCUT2D eigenvalue weighted by atomic mass is 9.80. The summed E-state index contributed by atoms with van der Waals surface area (Å²) in [6.07, 6.45) is -2.87. The molecule has 116 valence electrons. The monoisotopic (exact) mass is 310 g/mol. The first-order valence-corrected chi connectivity index (χ1v) is 7.19. The van der Waals surface area contributed by atoms with Crippen molar-refractivity contribution < 1.29 is 18.0 Å². The van der Waals surface area contributed by atoms with E-state index in [1.165, 1.54) is 0 Å². The van der Waals surface area contributed by atoms with Gasteiger partial charge in [-0.05, 0) is 32.6 Å². The average Bonchev–Trinajstić information content (AvgIpc) is 2.37. The molecule has 0 aromatic rings. The Hall–Kier alpha value is -0.850. The third kappa shape index (κ3) is 4.07. The van der Waals surface area contributed by atoms with E-state index in [0.29, 0.717) is 19.3 Å². The largest absolute Gasteiger partial charge is 0.391 e. The zero-order chi connectivity index (χ0) is 15.6. The van der Waals surface area contributed by atoms with E-state index in [-0.39, 0.29) is 23.7 Å². The van der Waals surface area contributed by atoms with E-state index in [1.54, 1.807) is 6.92 Å². The molecule has 0 saturated heterocycles. The molecule has 1 fully saturated rings. The topological polar surface area (TPSA) is 55.1 Å². The van der Waals surface area contributed by atoms with Gasteiger partial charge in [-0.1, -0.05) is 25.6 Å². The number of rotatable bonds is 4. The number of hydrogen-bond acceptors (Lipinski definition) is 2. The summed E-state index contributed by atoms with van der Waals surface area (Å²) in [7, 11) is 0. The maximum atomic E-state index is 12.7. The first-order valence-electron chi connectivity index (χ1n) is 6.78. The molecule has 0 spiro atoms. The van der Waals surface area contributed by atoms with Gasteiger partial charge < -0.3 is 11.1 Å². The molecule has 1 rings (SSSR count). The number of nitrogens with two attached hydrogens (primary N) is 1. The van der Waals surface area contributed by atoms with Gasteiger partial charge in [0.25, 0.3) is 0 Å². The van der Waals surface area contributed by atoms with Crippen LogP contribution in [0.15, 0.2) is 0 Å². The van der Waals surface area contributed by atoms with Gasteiger partial charge in [0.2, 0.25) is 5.91 Å². The van der Waals surface area contributed by atoms with E-state index >= 15 is 0 Å². The first-order chi connectivity index (χ1) is 9.10. The summed E-state index contributed by atoms with van der Waals surface area (Å²) < 4.78 is 38.2. The van der Waals surface area contributed by atoms with Crippen LogP contribution in [-0.4, -0.2) is 22.6 Å². The van der Waals surface area contributed by atoms with Crippen molar-refractivity contribution in [2.24, 2.45) is 17.6 Å². The Morgan fingerprint density at radius 2 is 2.00 bits per heavy atom. The van der Waals surface area contributed by atoms with Crippen LogP contribution in [0.1, 0.15) is 46.0 Å².